The largest absolute Gasteiger partial charge is 0.350 e. The number of amides is 2. The summed E-state index contributed by atoms with van der Waals surface area (Å²) in [5, 5.41) is 3.87. The Morgan fingerprint density at radius 3 is 2.57 bits per heavy atom. The minimum atomic E-state index is -0.664. The maximum atomic E-state index is 10.7. The highest BCUT2D eigenvalue weighted by Crippen LogP contribution is 2.35. The van der Waals surface area contributed by atoms with Crippen LogP contribution >= 0.6 is 0 Å². The van der Waals surface area contributed by atoms with Crippen molar-refractivity contribution in [3.63, 3.8) is 0 Å². The van der Waals surface area contributed by atoms with Crippen LogP contribution in [-0.2, 0) is 0 Å². The molecule has 0 radical (unpaired) electrons. The van der Waals surface area contributed by atoms with E-state index in [1.165, 1.54) is 22.3 Å². The molecule has 2 amide bonds. The summed E-state index contributed by atoms with van der Waals surface area (Å²) in [6.45, 7) is 8.55. The number of nitrogens with zero attached hydrogens (tertiary/aromatic N) is 1. The number of carbonyl (C=O) groups excluding carboxylic acids is 1. The van der Waals surface area contributed by atoms with Crippen LogP contribution in [0.1, 0.15) is 42.0 Å². The van der Waals surface area contributed by atoms with Crippen LogP contribution in [0.5, 0.6) is 0 Å². The van der Waals surface area contributed by atoms with E-state index >= 15 is 0 Å². The standard InChI is InChI=1S/C17H21N3O/c1-10(2)13-6-5-11(3)16-14(9-19-20-17(18)21)7-12(4)15(16)8-13/h5-10H,1-4H3,(H3,18,20,21)/b19-9+. The maximum absolute atomic E-state index is 10.7. The molecule has 4 nitrogen and oxygen atoms in total. The molecule has 0 unspecified atom stereocenters. The van der Waals surface area contributed by atoms with Crippen molar-refractivity contribution in [1.29, 1.82) is 0 Å². The van der Waals surface area contributed by atoms with Crippen LogP contribution in [0.3, 0.4) is 0 Å². The Labute approximate surface area is 125 Å². The third kappa shape index (κ3) is 3.21. The third-order valence-corrected chi connectivity index (χ3v) is 3.63. The van der Waals surface area contributed by atoms with Crippen molar-refractivity contribution in [3.8, 4) is 11.1 Å². The minimum Gasteiger partial charge on any atom is -0.350 e. The Morgan fingerprint density at radius 1 is 1.24 bits per heavy atom. The Morgan fingerprint density at radius 2 is 1.95 bits per heavy atom. The van der Waals surface area contributed by atoms with Gasteiger partial charge >= 0.3 is 6.03 Å². The fourth-order valence-corrected chi connectivity index (χ4v) is 2.51. The summed E-state index contributed by atoms with van der Waals surface area (Å²) < 4.78 is 0. The molecule has 0 atom stereocenters. The van der Waals surface area contributed by atoms with Crippen LogP contribution in [0.15, 0.2) is 29.4 Å². The molecule has 4 heteroatoms. The lowest BCUT2D eigenvalue weighted by Crippen LogP contribution is -2.24. The lowest BCUT2D eigenvalue weighted by atomic mass is 10.0. The number of primary amides is 1. The zero-order valence-corrected chi connectivity index (χ0v) is 12.9. The van der Waals surface area contributed by atoms with Crippen LogP contribution in [0.4, 0.5) is 4.79 Å². The quantitative estimate of drug-likeness (QED) is 0.656. The second-order valence-corrected chi connectivity index (χ2v) is 5.62. The normalized spacial score (nSPS) is 11.5. The molecule has 0 aromatic carbocycles. The molecule has 2 rings (SSSR count). The smallest absolute Gasteiger partial charge is 0.332 e. The molecule has 0 saturated heterocycles. The van der Waals surface area contributed by atoms with E-state index in [4.69, 9.17) is 5.73 Å². The van der Waals surface area contributed by atoms with Gasteiger partial charge in [-0.1, -0.05) is 32.0 Å². The zero-order chi connectivity index (χ0) is 15.6. The Balaban J connectivity index is 2.54. The number of hydrazone groups is 1. The number of urea groups is 1. The SMILES string of the molecule is Cc1cc(/C=N/NC(N)=O)c2c(C)ccc(C(C)C)cc1-2. The summed E-state index contributed by atoms with van der Waals surface area (Å²) in [7, 11) is 0. The van der Waals surface area contributed by atoms with Crippen LogP contribution in [0.25, 0.3) is 11.1 Å². The van der Waals surface area contributed by atoms with Crippen molar-refractivity contribution >= 4 is 12.2 Å². The molecule has 0 spiro atoms. The summed E-state index contributed by atoms with van der Waals surface area (Å²) in [6, 6.07) is 7.95. The lowest BCUT2D eigenvalue weighted by Gasteiger charge is -2.04. The Hall–Kier alpha value is -2.36. The van der Waals surface area contributed by atoms with Gasteiger partial charge in [0.1, 0.15) is 0 Å². The molecule has 0 fully saturated rings. The fourth-order valence-electron chi connectivity index (χ4n) is 2.51. The number of carbonyl (C=O) groups is 1. The van der Waals surface area contributed by atoms with Gasteiger partial charge in [-0.15, -0.1) is 0 Å². The van der Waals surface area contributed by atoms with E-state index in [1.807, 2.05) is 0 Å². The molecular weight excluding hydrogens is 262 g/mol. The first-order chi connectivity index (χ1) is 9.90. The first kappa shape index (κ1) is 15.0. The summed E-state index contributed by atoms with van der Waals surface area (Å²) >= 11 is 0. The average molecular weight is 283 g/mol. The highest BCUT2D eigenvalue weighted by atomic mass is 16.2. The zero-order valence-electron chi connectivity index (χ0n) is 12.9. The van der Waals surface area contributed by atoms with E-state index in [0.29, 0.717) is 5.92 Å². The van der Waals surface area contributed by atoms with Crippen LogP contribution < -0.4 is 11.2 Å². The Bertz CT molecular complexity index is 674. The number of hydrogen-bond donors (Lipinski definition) is 2. The van der Waals surface area contributed by atoms with Crippen LogP contribution in [-0.4, -0.2) is 12.2 Å². The van der Waals surface area contributed by atoms with E-state index in [1.54, 1.807) is 6.21 Å². The number of nitrogens with one attached hydrogen (secondary N) is 1. The van der Waals surface area contributed by atoms with E-state index in [-0.39, 0.29) is 0 Å². The summed E-state index contributed by atoms with van der Waals surface area (Å²) in [6.07, 6.45) is 1.64. The molecule has 0 aromatic rings. The molecule has 0 heterocycles. The van der Waals surface area contributed by atoms with Gasteiger partial charge in [0.2, 0.25) is 0 Å². The fraction of sp³-hybridized carbons (Fsp3) is 0.294. The molecule has 21 heavy (non-hydrogen) atoms. The predicted octanol–water partition coefficient (Wildman–Crippen LogP) is 3.53. The van der Waals surface area contributed by atoms with Crippen molar-refractivity contribution in [3.05, 3.63) is 46.5 Å². The van der Waals surface area contributed by atoms with E-state index in [9.17, 15) is 4.79 Å². The molecule has 0 bridgehead atoms. The van der Waals surface area contributed by atoms with Crippen molar-refractivity contribution in [2.45, 2.75) is 33.6 Å². The lowest BCUT2D eigenvalue weighted by molar-refractivity contribution is 0.249. The van der Waals surface area contributed by atoms with Gasteiger partial charge in [-0.2, -0.15) is 5.10 Å². The predicted molar refractivity (Wildman–Crippen MR) is 86.9 cm³/mol. The van der Waals surface area contributed by atoms with Crippen LogP contribution in [0.2, 0.25) is 0 Å². The number of nitrogens with two attached hydrogens (primary N) is 1. The summed E-state index contributed by atoms with van der Waals surface area (Å²) in [5.41, 5.74) is 14.3. The summed E-state index contributed by atoms with van der Waals surface area (Å²) in [4.78, 5) is 10.7. The first-order valence-electron chi connectivity index (χ1n) is 7.02. The number of hydrogen-bond acceptors (Lipinski definition) is 2. The van der Waals surface area contributed by atoms with Crippen molar-refractivity contribution in [2.24, 2.45) is 10.8 Å². The van der Waals surface area contributed by atoms with E-state index < -0.39 is 6.03 Å². The van der Waals surface area contributed by atoms with Gasteiger partial charge in [0.05, 0.1) is 6.21 Å². The second kappa shape index (κ2) is 5.95. The monoisotopic (exact) mass is 283 g/mol. The number of rotatable bonds is 3. The third-order valence-electron chi connectivity index (χ3n) is 3.63. The average Bonchev–Trinajstić information content (AvgIpc) is 2.58. The molecule has 0 aromatic heterocycles. The molecular formula is C17H21N3O. The second-order valence-electron chi connectivity index (χ2n) is 5.62. The van der Waals surface area contributed by atoms with Gasteiger partial charge in [-0.25, -0.2) is 10.2 Å². The molecule has 0 aliphatic heterocycles. The van der Waals surface area contributed by atoms with E-state index in [0.717, 1.165) is 11.1 Å². The molecule has 3 N–H and O–H groups in total. The molecule has 2 aliphatic carbocycles. The number of fused-ring (bicyclic) bond motifs is 1. The van der Waals surface area contributed by atoms with Gasteiger partial charge in [0.25, 0.3) is 0 Å². The molecule has 0 saturated carbocycles. The molecule has 2 aliphatic rings. The van der Waals surface area contributed by atoms with Gasteiger partial charge in [0.15, 0.2) is 0 Å². The Kier molecular flexibility index (Phi) is 4.26. The topological polar surface area (TPSA) is 67.5 Å². The molecule has 110 valence electrons. The summed E-state index contributed by atoms with van der Waals surface area (Å²) in [5.74, 6) is 0.475. The van der Waals surface area contributed by atoms with Gasteiger partial charge in [-0.3, -0.25) is 0 Å². The van der Waals surface area contributed by atoms with Crippen LogP contribution in [0, 0.1) is 13.8 Å². The maximum Gasteiger partial charge on any atom is 0.332 e. The van der Waals surface area contributed by atoms with Crippen molar-refractivity contribution < 1.29 is 4.79 Å². The highest BCUT2D eigenvalue weighted by Gasteiger charge is 2.15. The van der Waals surface area contributed by atoms with E-state index in [2.05, 4.69) is 62.5 Å². The first-order valence-corrected chi connectivity index (χ1v) is 7.02. The van der Waals surface area contributed by atoms with Gasteiger partial charge in [0, 0.05) is 5.56 Å². The highest BCUT2D eigenvalue weighted by molar-refractivity contribution is 5.95. The van der Waals surface area contributed by atoms with Gasteiger partial charge < -0.3 is 5.73 Å². The number of aryl methyl sites for hydroxylation is 2. The van der Waals surface area contributed by atoms with Gasteiger partial charge in [-0.05, 0) is 53.6 Å². The minimum absolute atomic E-state index is 0.475. The van der Waals surface area contributed by atoms with Crippen molar-refractivity contribution in [1.82, 2.24) is 5.43 Å². The van der Waals surface area contributed by atoms with Crippen molar-refractivity contribution in [2.75, 3.05) is 0 Å².